The van der Waals surface area contributed by atoms with Crippen LogP contribution in [0.1, 0.15) is 43.7 Å². The molecule has 2 aliphatic heterocycles. The maximum Gasteiger partial charge on any atom is 0.223 e. The van der Waals surface area contributed by atoms with Gasteiger partial charge in [-0.2, -0.15) is 0 Å². The third-order valence-electron chi connectivity index (χ3n) is 5.93. The Balaban J connectivity index is 1.52. The van der Waals surface area contributed by atoms with Crippen molar-refractivity contribution in [3.8, 4) is 5.75 Å². The number of benzene rings is 1. The van der Waals surface area contributed by atoms with Crippen LogP contribution in [0.2, 0.25) is 0 Å². The lowest BCUT2D eigenvalue weighted by atomic mass is 9.95. The van der Waals surface area contributed by atoms with Gasteiger partial charge in [0.2, 0.25) is 5.91 Å². The SMILES string of the molecule is COc1cccc(C2C(NC(=O)C3CCNCC3)CCN2C2CC2)c1. The maximum absolute atomic E-state index is 12.8. The molecule has 2 unspecified atom stereocenters. The third-order valence-corrected chi connectivity index (χ3v) is 5.93. The molecule has 2 heterocycles. The Labute approximate surface area is 150 Å². The van der Waals surface area contributed by atoms with Crippen molar-refractivity contribution >= 4 is 5.91 Å². The molecule has 0 spiro atoms. The number of nitrogens with one attached hydrogen (secondary N) is 2. The Morgan fingerprint density at radius 3 is 2.72 bits per heavy atom. The highest BCUT2D eigenvalue weighted by Crippen LogP contribution is 2.41. The summed E-state index contributed by atoms with van der Waals surface area (Å²) in [4.78, 5) is 15.4. The summed E-state index contributed by atoms with van der Waals surface area (Å²) in [5.74, 6) is 1.31. The fourth-order valence-electron chi connectivity index (χ4n) is 4.42. The lowest BCUT2D eigenvalue weighted by Crippen LogP contribution is -2.45. The van der Waals surface area contributed by atoms with Gasteiger partial charge in [-0.25, -0.2) is 0 Å². The molecule has 1 aromatic rings. The zero-order valence-electron chi connectivity index (χ0n) is 15.0. The third kappa shape index (κ3) is 3.67. The Hall–Kier alpha value is -1.59. The van der Waals surface area contributed by atoms with Crippen molar-refractivity contribution < 1.29 is 9.53 Å². The number of carbonyl (C=O) groups is 1. The summed E-state index contributed by atoms with van der Waals surface area (Å²) in [7, 11) is 1.71. The van der Waals surface area contributed by atoms with E-state index in [4.69, 9.17) is 4.74 Å². The van der Waals surface area contributed by atoms with Gasteiger partial charge in [-0.3, -0.25) is 9.69 Å². The lowest BCUT2D eigenvalue weighted by molar-refractivity contribution is -0.126. The first kappa shape index (κ1) is 16.9. The van der Waals surface area contributed by atoms with Gasteiger partial charge in [0.1, 0.15) is 5.75 Å². The van der Waals surface area contributed by atoms with Crippen LogP contribution in [-0.4, -0.2) is 49.6 Å². The molecule has 2 N–H and O–H groups in total. The fraction of sp³-hybridized carbons (Fsp3) is 0.650. The molecule has 3 fully saturated rings. The van der Waals surface area contributed by atoms with Gasteiger partial charge in [0.05, 0.1) is 13.2 Å². The van der Waals surface area contributed by atoms with Crippen molar-refractivity contribution in [2.24, 2.45) is 5.92 Å². The van der Waals surface area contributed by atoms with Crippen LogP contribution in [0, 0.1) is 5.92 Å². The minimum Gasteiger partial charge on any atom is -0.497 e. The summed E-state index contributed by atoms with van der Waals surface area (Å²) in [6.45, 7) is 2.98. The van der Waals surface area contributed by atoms with Gasteiger partial charge in [-0.1, -0.05) is 12.1 Å². The number of carbonyl (C=O) groups excluding carboxylic acids is 1. The van der Waals surface area contributed by atoms with Crippen molar-refractivity contribution in [3.63, 3.8) is 0 Å². The zero-order chi connectivity index (χ0) is 17.2. The number of piperidine rings is 1. The second-order valence-electron chi connectivity index (χ2n) is 7.62. The topological polar surface area (TPSA) is 53.6 Å². The largest absolute Gasteiger partial charge is 0.497 e. The van der Waals surface area contributed by atoms with E-state index in [-0.39, 0.29) is 23.9 Å². The Morgan fingerprint density at radius 1 is 1.20 bits per heavy atom. The highest BCUT2D eigenvalue weighted by molar-refractivity contribution is 5.79. The molecule has 0 radical (unpaired) electrons. The second-order valence-corrected chi connectivity index (χ2v) is 7.62. The van der Waals surface area contributed by atoms with Crippen molar-refractivity contribution in [1.82, 2.24) is 15.5 Å². The highest BCUT2D eigenvalue weighted by atomic mass is 16.5. The van der Waals surface area contributed by atoms with E-state index in [0.29, 0.717) is 6.04 Å². The predicted molar refractivity (Wildman–Crippen MR) is 97.6 cm³/mol. The van der Waals surface area contributed by atoms with Crippen molar-refractivity contribution in [2.45, 2.75) is 50.2 Å². The van der Waals surface area contributed by atoms with Crippen LogP contribution in [0.25, 0.3) is 0 Å². The molecule has 5 heteroatoms. The van der Waals surface area contributed by atoms with Crippen LogP contribution in [0.4, 0.5) is 0 Å². The van der Waals surface area contributed by atoms with E-state index in [1.807, 2.05) is 6.07 Å². The standard InChI is InChI=1S/C20H29N3O2/c1-25-17-4-2-3-15(13-17)19-18(9-12-23(19)16-5-6-16)22-20(24)14-7-10-21-11-8-14/h2-4,13-14,16,18-19,21H,5-12H2,1H3,(H,22,24). The maximum atomic E-state index is 12.8. The van der Waals surface area contributed by atoms with E-state index >= 15 is 0 Å². The van der Waals surface area contributed by atoms with Crippen LogP contribution in [-0.2, 0) is 4.79 Å². The fourth-order valence-corrected chi connectivity index (χ4v) is 4.42. The van der Waals surface area contributed by atoms with Crippen LogP contribution in [0.3, 0.4) is 0 Å². The van der Waals surface area contributed by atoms with E-state index < -0.39 is 0 Å². The molecule has 1 saturated carbocycles. The molecule has 2 atom stereocenters. The Morgan fingerprint density at radius 2 is 2.00 bits per heavy atom. The quantitative estimate of drug-likeness (QED) is 0.860. The molecule has 1 aromatic carbocycles. The number of methoxy groups -OCH3 is 1. The van der Waals surface area contributed by atoms with Crippen LogP contribution in [0.15, 0.2) is 24.3 Å². The smallest absolute Gasteiger partial charge is 0.223 e. The Kier molecular flexibility index (Phi) is 4.95. The molecule has 3 aliphatic rings. The number of rotatable bonds is 5. The van der Waals surface area contributed by atoms with Crippen molar-refractivity contribution in [3.05, 3.63) is 29.8 Å². The molecule has 0 aromatic heterocycles. The summed E-state index contributed by atoms with van der Waals surface area (Å²) < 4.78 is 5.42. The van der Waals surface area contributed by atoms with Gasteiger partial charge in [0, 0.05) is 24.5 Å². The van der Waals surface area contributed by atoms with Crippen LogP contribution >= 0.6 is 0 Å². The lowest BCUT2D eigenvalue weighted by Gasteiger charge is -2.31. The molecular formula is C20H29N3O2. The van der Waals surface area contributed by atoms with Gasteiger partial charge < -0.3 is 15.4 Å². The van der Waals surface area contributed by atoms with Gasteiger partial charge >= 0.3 is 0 Å². The summed E-state index contributed by atoms with van der Waals surface area (Å²) >= 11 is 0. The van der Waals surface area contributed by atoms with Gasteiger partial charge in [0.15, 0.2) is 0 Å². The summed E-state index contributed by atoms with van der Waals surface area (Å²) in [5.41, 5.74) is 1.26. The molecule has 1 aliphatic carbocycles. The molecule has 2 saturated heterocycles. The Bertz CT molecular complexity index is 611. The molecule has 4 rings (SSSR count). The van der Waals surface area contributed by atoms with Crippen molar-refractivity contribution in [1.29, 1.82) is 0 Å². The first-order valence-corrected chi connectivity index (χ1v) is 9.67. The monoisotopic (exact) mass is 343 g/mol. The average Bonchev–Trinajstić information content (AvgIpc) is 3.43. The van der Waals surface area contributed by atoms with Gasteiger partial charge in [-0.15, -0.1) is 0 Å². The number of hydrogen-bond acceptors (Lipinski definition) is 4. The number of amides is 1. The van der Waals surface area contributed by atoms with Crippen LogP contribution in [0.5, 0.6) is 5.75 Å². The molecule has 136 valence electrons. The van der Waals surface area contributed by atoms with E-state index in [2.05, 4.69) is 33.7 Å². The normalized spacial score (nSPS) is 28.0. The molecule has 5 nitrogen and oxygen atoms in total. The predicted octanol–water partition coefficient (Wildman–Crippen LogP) is 2.09. The summed E-state index contributed by atoms with van der Waals surface area (Å²) in [6, 6.07) is 9.53. The summed E-state index contributed by atoms with van der Waals surface area (Å²) in [5, 5.41) is 6.74. The second kappa shape index (κ2) is 7.34. The van der Waals surface area contributed by atoms with Gasteiger partial charge in [0.25, 0.3) is 0 Å². The number of likely N-dealkylation sites (tertiary alicyclic amines) is 1. The zero-order valence-corrected chi connectivity index (χ0v) is 15.0. The van der Waals surface area contributed by atoms with E-state index in [1.54, 1.807) is 7.11 Å². The van der Waals surface area contributed by atoms with Crippen LogP contribution < -0.4 is 15.4 Å². The first-order chi connectivity index (χ1) is 12.3. The first-order valence-electron chi connectivity index (χ1n) is 9.67. The average molecular weight is 343 g/mol. The van der Waals surface area contributed by atoms with Crippen molar-refractivity contribution in [2.75, 3.05) is 26.7 Å². The molecule has 1 amide bonds. The molecule has 25 heavy (non-hydrogen) atoms. The van der Waals surface area contributed by atoms with E-state index in [1.165, 1.54) is 18.4 Å². The number of ether oxygens (including phenoxy) is 1. The number of hydrogen-bond donors (Lipinski definition) is 2. The minimum atomic E-state index is 0.169. The molecular weight excluding hydrogens is 314 g/mol. The molecule has 0 bridgehead atoms. The van der Waals surface area contributed by atoms with E-state index in [9.17, 15) is 4.79 Å². The minimum absolute atomic E-state index is 0.169. The van der Waals surface area contributed by atoms with Gasteiger partial charge in [-0.05, 0) is 62.9 Å². The highest BCUT2D eigenvalue weighted by Gasteiger charge is 2.43. The van der Waals surface area contributed by atoms with E-state index in [0.717, 1.165) is 44.6 Å². The summed E-state index contributed by atoms with van der Waals surface area (Å²) in [6.07, 6.45) is 5.52. The number of nitrogens with zero attached hydrogens (tertiary/aromatic N) is 1.